The summed E-state index contributed by atoms with van der Waals surface area (Å²) in [5, 5.41) is 3.05. The van der Waals surface area contributed by atoms with E-state index < -0.39 is 54.7 Å². The van der Waals surface area contributed by atoms with Crippen LogP contribution in [0.2, 0.25) is 0 Å². The van der Waals surface area contributed by atoms with Crippen LogP contribution in [0.3, 0.4) is 0 Å². The maximum absolute atomic E-state index is 14.3. The number of carbonyl (C=O) groups excluding carboxylic acids is 4. The second kappa shape index (κ2) is 17.1. The Bertz CT molecular complexity index is 1990. The molecule has 0 radical (unpaired) electrons. The van der Waals surface area contributed by atoms with Crippen LogP contribution in [-0.2, 0) is 53.6 Å². The number of ether oxygens (including phenoxy) is 1. The molecule has 55 heavy (non-hydrogen) atoms. The van der Waals surface area contributed by atoms with Crippen LogP contribution in [0.5, 0.6) is 0 Å². The lowest BCUT2D eigenvalue weighted by Gasteiger charge is -2.31. The third-order valence-corrected chi connectivity index (χ3v) is 11.4. The van der Waals surface area contributed by atoms with E-state index in [-0.39, 0.29) is 44.0 Å². The van der Waals surface area contributed by atoms with Gasteiger partial charge in [-0.05, 0) is 78.5 Å². The van der Waals surface area contributed by atoms with Crippen LogP contribution >= 0.6 is 7.60 Å². The predicted octanol–water partition coefficient (Wildman–Crippen LogP) is 6.28. The lowest BCUT2D eigenvalue weighted by molar-refractivity contribution is -0.130. The summed E-state index contributed by atoms with van der Waals surface area (Å²) >= 11 is 0. The molecule has 0 bridgehead atoms. The largest absolute Gasteiger partial charge is 0.399 e. The van der Waals surface area contributed by atoms with Crippen LogP contribution in [0, 0.1) is 5.92 Å². The van der Waals surface area contributed by atoms with Gasteiger partial charge in [-0.25, -0.2) is 0 Å². The summed E-state index contributed by atoms with van der Waals surface area (Å²) in [6.45, 7) is 7.92. The highest BCUT2D eigenvalue weighted by Crippen LogP contribution is 2.59. The second-order valence-corrected chi connectivity index (χ2v) is 16.4. The summed E-state index contributed by atoms with van der Waals surface area (Å²) in [5.41, 5.74) is 5.61. The summed E-state index contributed by atoms with van der Waals surface area (Å²) in [6, 6.07) is 16.5. The standard InChI is InChI=1S/C41H48F2N3O8P/c1-24(2)28-10-8-27(9-11-28)23-54-26(4)35(18-19-37(44)48)45-39(49)36-22-31-7-5-6-30-12-13-32(40(50)46(36)38(30)31)21-34(47)20-25(3)29-14-16-33(17-15-29)41(42,43)55(51,52)53/h5-11,14-17,20,24,26,32,35-36H,12-13,18-19,21-23H2,1-4H3,(H2,44,48)(H,45,49)(H2,51,52,53)/b25-20+/t26-,32-,35+,36+/m1/s1. The number of nitrogens with two attached hydrogens (primary N) is 1. The van der Waals surface area contributed by atoms with E-state index in [9.17, 15) is 32.5 Å². The number of nitrogens with one attached hydrogen (secondary N) is 1. The fraction of sp³-hybridized carbons (Fsp3) is 0.415. The molecule has 0 aliphatic carbocycles. The van der Waals surface area contributed by atoms with Gasteiger partial charge in [-0.15, -0.1) is 0 Å². The Hall–Kier alpha value is -4.55. The van der Waals surface area contributed by atoms with E-state index in [0.29, 0.717) is 35.6 Å². The molecule has 3 aromatic rings. The van der Waals surface area contributed by atoms with Crippen molar-refractivity contribution in [1.82, 2.24) is 5.32 Å². The van der Waals surface area contributed by atoms with E-state index >= 15 is 0 Å². The fourth-order valence-electron chi connectivity index (χ4n) is 7.16. The van der Waals surface area contributed by atoms with Gasteiger partial charge in [0.1, 0.15) is 6.04 Å². The second-order valence-electron chi connectivity index (χ2n) is 14.8. The number of para-hydroxylation sites is 1. The number of hydrogen-bond donors (Lipinski definition) is 4. The summed E-state index contributed by atoms with van der Waals surface area (Å²) in [6.07, 6.45) is 2.00. The first-order valence-corrected chi connectivity index (χ1v) is 20.0. The van der Waals surface area contributed by atoms with Crippen molar-refractivity contribution in [1.29, 1.82) is 0 Å². The molecule has 2 heterocycles. The number of anilines is 1. The number of hydrogen-bond acceptors (Lipinski definition) is 6. The van der Waals surface area contributed by atoms with Crippen molar-refractivity contribution in [3.63, 3.8) is 0 Å². The Balaban J connectivity index is 1.31. The van der Waals surface area contributed by atoms with Gasteiger partial charge in [0.05, 0.1) is 24.4 Å². The van der Waals surface area contributed by atoms with E-state index in [1.165, 1.54) is 28.7 Å². The maximum Gasteiger partial charge on any atom is 0.399 e. The van der Waals surface area contributed by atoms with E-state index in [1.54, 1.807) is 6.92 Å². The van der Waals surface area contributed by atoms with Crippen molar-refractivity contribution in [2.24, 2.45) is 11.7 Å². The van der Waals surface area contributed by atoms with Crippen LogP contribution in [0.15, 0.2) is 72.8 Å². The zero-order valence-electron chi connectivity index (χ0n) is 31.3. The Morgan fingerprint density at radius 3 is 2.31 bits per heavy atom. The molecule has 2 aliphatic rings. The molecule has 11 nitrogen and oxygen atoms in total. The minimum Gasteiger partial charge on any atom is -0.372 e. The monoisotopic (exact) mass is 779 g/mol. The van der Waals surface area contributed by atoms with Crippen molar-refractivity contribution < 1.29 is 47.0 Å². The summed E-state index contributed by atoms with van der Waals surface area (Å²) in [4.78, 5) is 73.2. The number of primary amides is 1. The molecule has 3 aromatic carbocycles. The van der Waals surface area contributed by atoms with Crippen molar-refractivity contribution >= 4 is 42.4 Å². The van der Waals surface area contributed by atoms with Gasteiger partial charge in [-0.2, -0.15) is 8.78 Å². The van der Waals surface area contributed by atoms with Crippen LogP contribution in [0.25, 0.3) is 5.57 Å². The Morgan fingerprint density at radius 2 is 1.69 bits per heavy atom. The summed E-state index contributed by atoms with van der Waals surface area (Å²) < 4.78 is 45.7. The van der Waals surface area contributed by atoms with Crippen LogP contribution in [0.1, 0.15) is 92.7 Å². The third-order valence-electron chi connectivity index (χ3n) is 10.5. The van der Waals surface area contributed by atoms with Gasteiger partial charge in [0, 0.05) is 30.7 Å². The normalized spacial score (nSPS) is 18.5. The SMILES string of the molecule is C/C(=C\C(=O)C[C@H]1CCc2cccc3c2N(C1=O)[C@H](C(=O)N[C@@H](CCC(N)=O)[C@@H](C)OCc1ccc(C(C)C)cc1)C3)c1ccc(C(F)(F)P(=O)(O)O)cc1. The van der Waals surface area contributed by atoms with E-state index in [2.05, 4.69) is 19.2 Å². The maximum atomic E-state index is 14.3. The van der Waals surface area contributed by atoms with Crippen molar-refractivity contribution in [2.75, 3.05) is 4.90 Å². The average molecular weight is 780 g/mol. The minimum absolute atomic E-state index is 0.0144. The highest BCUT2D eigenvalue weighted by atomic mass is 31.2. The van der Waals surface area contributed by atoms with Crippen molar-refractivity contribution in [2.45, 2.75) is 103 Å². The van der Waals surface area contributed by atoms with Gasteiger partial charge in [0.25, 0.3) is 0 Å². The highest BCUT2D eigenvalue weighted by molar-refractivity contribution is 7.52. The number of amides is 3. The van der Waals surface area contributed by atoms with Gasteiger partial charge in [-0.1, -0.05) is 80.6 Å². The highest BCUT2D eigenvalue weighted by Gasteiger charge is 2.50. The van der Waals surface area contributed by atoms with Crippen LogP contribution in [0.4, 0.5) is 14.5 Å². The molecular formula is C41H48F2N3O8P. The first-order valence-electron chi connectivity index (χ1n) is 18.4. The summed E-state index contributed by atoms with van der Waals surface area (Å²) in [7, 11) is -5.74. The van der Waals surface area contributed by atoms with E-state index in [0.717, 1.165) is 28.8 Å². The first kappa shape index (κ1) is 41.6. The molecule has 0 saturated heterocycles. The zero-order valence-corrected chi connectivity index (χ0v) is 32.2. The third kappa shape index (κ3) is 9.64. The number of allylic oxidation sites excluding steroid dienone is 2. The molecule has 3 amide bonds. The predicted molar refractivity (Wildman–Crippen MR) is 204 cm³/mol. The van der Waals surface area contributed by atoms with Crippen molar-refractivity contribution in [3.05, 3.63) is 106 Å². The Morgan fingerprint density at radius 1 is 1.04 bits per heavy atom. The Labute approximate surface area is 319 Å². The van der Waals surface area contributed by atoms with Crippen LogP contribution in [-0.4, -0.2) is 51.5 Å². The minimum atomic E-state index is -5.74. The number of aryl methyl sites for hydroxylation is 1. The number of nitrogens with zero attached hydrogens (tertiary/aromatic N) is 1. The zero-order chi connectivity index (χ0) is 40.2. The molecular weight excluding hydrogens is 731 g/mol. The van der Waals surface area contributed by atoms with Crippen LogP contribution < -0.4 is 16.0 Å². The fourth-order valence-corrected chi connectivity index (χ4v) is 7.65. The number of rotatable bonds is 16. The van der Waals surface area contributed by atoms with Crippen molar-refractivity contribution in [3.8, 4) is 0 Å². The lowest BCUT2D eigenvalue weighted by Crippen LogP contribution is -2.54. The quantitative estimate of drug-likeness (QED) is 0.0971. The molecule has 294 valence electrons. The van der Waals surface area contributed by atoms with Gasteiger partial charge < -0.3 is 25.6 Å². The molecule has 14 heteroatoms. The molecule has 0 spiro atoms. The van der Waals surface area contributed by atoms with Gasteiger partial charge in [-0.3, -0.25) is 28.6 Å². The van der Waals surface area contributed by atoms with Gasteiger partial charge >= 0.3 is 13.3 Å². The molecule has 0 saturated carbocycles. The summed E-state index contributed by atoms with van der Waals surface area (Å²) in [5.74, 6) is -2.07. The first-order chi connectivity index (χ1) is 25.9. The number of halogens is 2. The molecule has 0 unspecified atom stereocenters. The molecule has 0 fully saturated rings. The average Bonchev–Trinajstić information content (AvgIpc) is 3.47. The Kier molecular flexibility index (Phi) is 12.9. The van der Waals surface area contributed by atoms with Gasteiger partial charge in [0.2, 0.25) is 17.7 Å². The number of alkyl halides is 2. The topological polar surface area (TPSA) is 176 Å². The molecule has 4 atom stereocenters. The number of benzene rings is 3. The van der Waals surface area contributed by atoms with Gasteiger partial charge in [0.15, 0.2) is 5.78 Å². The molecule has 2 aliphatic heterocycles. The number of ketones is 1. The number of carbonyl (C=O) groups is 4. The molecule has 5 rings (SSSR count). The van der Waals surface area contributed by atoms with E-state index in [4.69, 9.17) is 20.3 Å². The lowest BCUT2D eigenvalue weighted by atomic mass is 9.92. The molecule has 0 aromatic heterocycles. The molecule has 5 N–H and O–H groups in total. The van der Waals surface area contributed by atoms with E-state index in [1.807, 2.05) is 49.4 Å². The smallest absolute Gasteiger partial charge is 0.372 e.